The summed E-state index contributed by atoms with van der Waals surface area (Å²) in [4.78, 5) is 27.9. The van der Waals surface area contributed by atoms with Gasteiger partial charge in [-0.1, -0.05) is 20.8 Å². The Bertz CT molecular complexity index is 1360. The Balaban J connectivity index is 1.61. The second kappa shape index (κ2) is 10.3. The molecule has 5 rings (SSSR count). The molecule has 40 heavy (non-hydrogen) atoms. The van der Waals surface area contributed by atoms with Gasteiger partial charge in [-0.25, -0.2) is 9.18 Å². The lowest BCUT2D eigenvalue weighted by molar-refractivity contribution is 0.0339. The van der Waals surface area contributed by atoms with Crippen LogP contribution in [0.5, 0.6) is 6.01 Å². The van der Waals surface area contributed by atoms with E-state index in [1.165, 1.54) is 0 Å². The third-order valence-electron chi connectivity index (χ3n) is 9.69. The van der Waals surface area contributed by atoms with Crippen LogP contribution in [-0.4, -0.2) is 87.0 Å². The zero-order valence-corrected chi connectivity index (χ0v) is 25.5. The highest BCUT2D eigenvalue weighted by Crippen LogP contribution is 2.47. The number of hydrogen-bond acceptors (Lipinski definition) is 7. The number of carboxylic acid groups (broad SMARTS) is 1. The van der Waals surface area contributed by atoms with Crippen LogP contribution < -0.4 is 9.64 Å². The number of hydrogen-bond donors (Lipinski definition) is 1. The molecule has 2 aromatic rings. The average molecular weight is 618 g/mol. The van der Waals surface area contributed by atoms with E-state index in [-0.39, 0.29) is 29.6 Å². The molecule has 3 aliphatic heterocycles. The van der Waals surface area contributed by atoms with Crippen molar-refractivity contribution < 1.29 is 19.0 Å². The van der Waals surface area contributed by atoms with Crippen molar-refractivity contribution in [3.8, 4) is 12.1 Å². The molecule has 3 fully saturated rings. The van der Waals surface area contributed by atoms with Gasteiger partial charge in [0.25, 0.3) is 0 Å². The number of carbonyl (C=O) groups is 1. The van der Waals surface area contributed by atoms with E-state index in [0.29, 0.717) is 59.2 Å². The number of anilines is 1. The fraction of sp³-hybridized carbons (Fsp3) is 0.655. The summed E-state index contributed by atoms with van der Waals surface area (Å²) < 4.78 is 21.3. The van der Waals surface area contributed by atoms with Crippen molar-refractivity contribution in [3.63, 3.8) is 0 Å². The first-order chi connectivity index (χ1) is 18.9. The third-order valence-corrected chi connectivity index (χ3v) is 10.4. The van der Waals surface area contributed by atoms with Gasteiger partial charge in [0.05, 0.1) is 28.2 Å². The predicted octanol–water partition coefficient (Wildman–Crippen LogP) is 5.60. The Kier molecular flexibility index (Phi) is 7.41. The minimum absolute atomic E-state index is 0.143. The Labute approximate surface area is 243 Å². The lowest BCUT2D eigenvalue weighted by Gasteiger charge is -2.51. The summed E-state index contributed by atoms with van der Waals surface area (Å²) in [6.07, 6.45) is 1.12. The molecule has 1 amide bonds. The number of amides is 1. The van der Waals surface area contributed by atoms with E-state index in [2.05, 4.69) is 52.6 Å². The normalized spacial score (nSPS) is 28.6. The Hall–Kier alpha value is -2.71. The number of rotatable bonds is 6. The lowest BCUT2D eigenvalue weighted by atomic mass is 9.70. The van der Waals surface area contributed by atoms with E-state index in [4.69, 9.17) is 14.7 Å². The van der Waals surface area contributed by atoms with Gasteiger partial charge in [0.15, 0.2) is 0 Å². The average Bonchev–Trinajstić information content (AvgIpc) is 3.53. The van der Waals surface area contributed by atoms with E-state index in [1.54, 1.807) is 4.90 Å². The smallest absolute Gasteiger partial charge is 0.407 e. The van der Waals surface area contributed by atoms with Gasteiger partial charge < -0.3 is 19.6 Å². The molecule has 216 valence electrons. The van der Waals surface area contributed by atoms with Crippen LogP contribution in [0.15, 0.2) is 16.6 Å². The van der Waals surface area contributed by atoms with E-state index < -0.39 is 17.8 Å². The van der Waals surface area contributed by atoms with Crippen LogP contribution >= 0.6 is 15.9 Å². The number of aromatic nitrogens is 2. The molecule has 9 nitrogen and oxygen atoms in total. The molecular formula is C29H38BrFN6O3. The zero-order chi connectivity index (χ0) is 29.0. The molecule has 1 aromatic carbocycles. The molecular weight excluding hydrogens is 579 g/mol. The fourth-order valence-corrected chi connectivity index (χ4v) is 7.70. The van der Waals surface area contributed by atoms with Crippen LogP contribution in [0.2, 0.25) is 0 Å². The van der Waals surface area contributed by atoms with Crippen molar-refractivity contribution in [1.29, 1.82) is 5.26 Å². The van der Waals surface area contributed by atoms with Crippen LogP contribution in [0.25, 0.3) is 10.9 Å². The van der Waals surface area contributed by atoms with Gasteiger partial charge in [0.1, 0.15) is 24.7 Å². The second-order valence-corrected chi connectivity index (χ2v) is 13.4. The van der Waals surface area contributed by atoms with E-state index in [9.17, 15) is 19.6 Å². The van der Waals surface area contributed by atoms with Crippen molar-refractivity contribution in [2.75, 3.05) is 37.7 Å². The number of benzene rings is 1. The number of alkyl halides is 1. The van der Waals surface area contributed by atoms with Crippen molar-refractivity contribution in [2.45, 2.75) is 83.6 Å². The monoisotopic (exact) mass is 616 g/mol. The first kappa shape index (κ1) is 28.8. The van der Waals surface area contributed by atoms with Crippen LogP contribution in [0.3, 0.4) is 0 Å². The Morgan fingerprint density at radius 3 is 2.75 bits per heavy atom. The molecule has 0 bridgehead atoms. The number of fused-ring (bicyclic) bond motifs is 2. The predicted molar refractivity (Wildman–Crippen MR) is 155 cm³/mol. The molecule has 11 heteroatoms. The molecule has 2 unspecified atom stereocenters. The maximum atomic E-state index is 14.4. The SMILES string of the molecule is CCN(c1nc(OC[C@@]23CCCN2C[C@H](F)C3)nc2c(C#N)c(Br)ccc12)C1CCN(C(=O)O)C1(C)C(C)(C)C. The van der Waals surface area contributed by atoms with Crippen LogP contribution in [0.1, 0.15) is 65.9 Å². The minimum atomic E-state index is -0.939. The summed E-state index contributed by atoms with van der Waals surface area (Å²) in [5, 5.41) is 20.9. The molecule has 3 saturated heterocycles. The quantitative estimate of drug-likeness (QED) is 0.447. The summed E-state index contributed by atoms with van der Waals surface area (Å²) in [6, 6.07) is 5.94. The highest BCUT2D eigenvalue weighted by atomic mass is 79.9. The second-order valence-electron chi connectivity index (χ2n) is 12.5. The minimum Gasteiger partial charge on any atom is -0.465 e. The summed E-state index contributed by atoms with van der Waals surface area (Å²) >= 11 is 3.49. The Morgan fingerprint density at radius 1 is 1.35 bits per heavy atom. The highest BCUT2D eigenvalue weighted by molar-refractivity contribution is 9.10. The van der Waals surface area contributed by atoms with Gasteiger partial charge in [-0.15, -0.1) is 0 Å². The summed E-state index contributed by atoms with van der Waals surface area (Å²) in [7, 11) is 0. The van der Waals surface area contributed by atoms with Gasteiger partial charge in [0, 0.05) is 35.9 Å². The number of ether oxygens (including phenoxy) is 1. The van der Waals surface area contributed by atoms with E-state index in [1.807, 2.05) is 26.0 Å². The number of likely N-dealkylation sites (N-methyl/N-ethyl adjacent to an activating group) is 1. The maximum absolute atomic E-state index is 14.4. The van der Waals surface area contributed by atoms with E-state index in [0.717, 1.165) is 19.4 Å². The molecule has 4 atom stereocenters. The molecule has 0 saturated carbocycles. The Morgan fingerprint density at radius 2 is 2.10 bits per heavy atom. The van der Waals surface area contributed by atoms with Crippen LogP contribution in [0.4, 0.5) is 15.0 Å². The van der Waals surface area contributed by atoms with Gasteiger partial charge in [-0.2, -0.15) is 15.2 Å². The summed E-state index contributed by atoms with van der Waals surface area (Å²) in [5.41, 5.74) is -0.611. The number of nitrogens with zero attached hydrogens (tertiary/aromatic N) is 6. The van der Waals surface area contributed by atoms with E-state index >= 15 is 0 Å². The maximum Gasteiger partial charge on any atom is 0.407 e. The van der Waals surface area contributed by atoms with Gasteiger partial charge in [-0.3, -0.25) is 4.90 Å². The largest absolute Gasteiger partial charge is 0.465 e. The fourth-order valence-electron chi connectivity index (χ4n) is 7.29. The molecule has 0 radical (unpaired) electrons. The number of nitriles is 1. The third kappa shape index (κ3) is 4.48. The number of halogens is 2. The highest BCUT2D eigenvalue weighted by Gasteiger charge is 2.56. The van der Waals surface area contributed by atoms with Gasteiger partial charge in [-0.05, 0) is 73.1 Å². The standard InChI is InChI=1S/C29H38BrFN6O3/c1-6-36(22-10-13-37(26(38)39)28(22,5)27(2,3)4)24-19-8-9-21(30)20(15-32)23(19)33-25(34-24)40-17-29-11-7-12-35(29)16-18(31)14-29/h8-9,18,22H,6-7,10-14,16-17H2,1-5H3,(H,38,39)/t18-,22?,28?,29+/m1/s1. The lowest BCUT2D eigenvalue weighted by Crippen LogP contribution is -2.63. The molecule has 1 N–H and O–H groups in total. The topological polar surface area (TPSA) is 106 Å². The number of likely N-dealkylation sites (tertiary alicyclic amines) is 1. The van der Waals surface area contributed by atoms with Gasteiger partial charge >= 0.3 is 12.1 Å². The van der Waals surface area contributed by atoms with Crippen molar-refractivity contribution >= 4 is 38.7 Å². The molecule has 4 heterocycles. The first-order valence-corrected chi connectivity index (χ1v) is 14.8. The van der Waals surface area contributed by atoms with Crippen molar-refractivity contribution in [3.05, 3.63) is 22.2 Å². The van der Waals surface area contributed by atoms with Crippen LogP contribution in [-0.2, 0) is 0 Å². The zero-order valence-electron chi connectivity index (χ0n) is 23.9. The van der Waals surface area contributed by atoms with Crippen molar-refractivity contribution in [2.24, 2.45) is 5.41 Å². The van der Waals surface area contributed by atoms with Crippen molar-refractivity contribution in [1.82, 2.24) is 19.8 Å². The molecule has 0 spiro atoms. The molecule has 0 aliphatic carbocycles. The van der Waals surface area contributed by atoms with Gasteiger partial charge in [0.2, 0.25) is 0 Å². The molecule has 1 aromatic heterocycles. The molecule has 3 aliphatic rings. The summed E-state index contributed by atoms with van der Waals surface area (Å²) in [6.45, 7) is 12.8. The van der Waals surface area contributed by atoms with Crippen LogP contribution in [0, 0.1) is 16.7 Å². The first-order valence-electron chi connectivity index (χ1n) is 14.1. The summed E-state index contributed by atoms with van der Waals surface area (Å²) in [5.74, 6) is 0.606.